The average molecular weight is 390 g/mol. The molecular weight excluding hydrogens is 378 g/mol. The van der Waals surface area contributed by atoms with Crippen LogP contribution in [0.25, 0.3) is 11.0 Å². The zero-order valence-corrected chi connectivity index (χ0v) is 14.7. The number of esters is 1. The van der Waals surface area contributed by atoms with Gasteiger partial charge in [-0.2, -0.15) is 0 Å². The number of ether oxygens (including phenoxy) is 2. The molecule has 8 nitrogen and oxygen atoms in total. The van der Waals surface area contributed by atoms with Crippen LogP contribution in [-0.4, -0.2) is 18.0 Å². The lowest BCUT2D eigenvalue weighted by Gasteiger charge is -2.08. The van der Waals surface area contributed by atoms with Crippen molar-refractivity contribution in [1.82, 2.24) is 0 Å². The van der Waals surface area contributed by atoms with E-state index in [4.69, 9.17) is 25.5 Å². The van der Waals surface area contributed by atoms with Gasteiger partial charge in [-0.1, -0.05) is 11.6 Å². The van der Waals surface area contributed by atoms with Gasteiger partial charge in [-0.15, -0.1) is 0 Å². The van der Waals surface area contributed by atoms with E-state index in [2.05, 4.69) is 0 Å². The predicted molar refractivity (Wildman–Crippen MR) is 96.3 cm³/mol. The molecule has 0 amide bonds. The second-order valence-electron chi connectivity index (χ2n) is 5.45. The molecule has 0 saturated carbocycles. The standard InChI is InChI=1S/C18H12ClNO7/c1-25-12-3-4-13-10(6-17(21)27-16(13)8-12)9-26-18(22)14-7-11(19)2-5-15(14)20(23)24/h2-8H,9H2,1H3. The van der Waals surface area contributed by atoms with Crippen molar-refractivity contribution in [3.05, 3.63) is 79.1 Å². The highest BCUT2D eigenvalue weighted by Crippen LogP contribution is 2.26. The van der Waals surface area contributed by atoms with Gasteiger partial charge in [0.2, 0.25) is 0 Å². The first kappa shape index (κ1) is 18.4. The second-order valence-corrected chi connectivity index (χ2v) is 5.88. The van der Waals surface area contributed by atoms with Crippen molar-refractivity contribution in [2.45, 2.75) is 6.61 Å². The molecule has 9 heteroatoms. The van der Waals surface area contributed by atoms with Crippen LogP contribution in [-0.2, 0) is 11.3 Å². The third kappa shape index (κ3) is 3.90. The van der Waals surface area contributed by atoms with Gasteiger partial charge in [0, 0.05) is 34.2 Å². The fourth-order valence-electron chi connectivity index (χ4n) is 2.51. The minimum atomic E-state index is -0.931. The van der Waals surface area contributed by atoms with Crippen LogP contribution in [0.1, 0.15) is 15.9 Å². The fraction of sp³-hybridized carbons (Fsp3) is 0.111. The number of hydrogen-bond acceptors (Lipinski definition) is 7. The molecule has 0 unspecified atom stereocenters. The van der Waals surface area contributed by atoms with Crippen molar-refractivity contribution in [3.63, 3.8) is 0 Å². The molecule has 3 aromatic rings. The minimum absolute atomic E-state index is 0.158. The number of nitro benzene ring substituents is 1. The van der Waals surface area contributed by atoms with E-state index in [1.807, 2.05) is 0 Å². The molecule has 0 atom stereocenters. The Hall–Kier alpha value is -3.39. The average Bonchev–Trinajstić information content (AvgIpc) is 2.64. The van der Waals surface area contributed by atoms with Gasteiger partial charge < -0.3 is 13.9 Å². The molecule has 0 aliphatic heterocycles. The lowest BCUT2D eigenvalue weighted by Crippen LogP contribution is -2.10. The van der Waals surface area contributed by atoms with Crippen LogP contribution in [0, 0.1) is 10.1 Å². The molecular formula is C18H12ClNO7. The first-order chi connectivity index (χ1) is 12.9. The zero-order valence-electron chi connectivity index (χ0n) is 13.9. The Labute approximate surface area is 157 Å². The van der Waals surface area contributed by atoms with Gasteiger partial charge in [0.05, 0.1) is 12.0 Å². The molecule has 27 heavy (non-hydrogen) atoms. The lowest BCUT2D eigenvalue weighted by molar-refractivity contribution is -0.385. The van der Waals surface area contributed by atoms with Gasteiger partial charge in [-0.05, 0) is 24.3 Å². The Morgan fingerprint density at radius 3 is 2.70 bits per heavy atom. The summed E-state index contributed by atoms with van der Waals surface area (Å²) >= 11 is 5.81. The van der Waals surface area contributed by atoms with E-state index in [9.17, 15) is 19.7 Å². The van der Waals surface area contributed by atoms with Gasteiger partial charge in [-0.25, -0.2) is 9.59 Å². The predicted octanol–water partition coefficient (Wildman–Crippen LogP) is 3.72. The molecule has 0 aliphatic rings. The first-order valence-electron chi connectivity index (χ1n) is 7.61. The normalized spacial score (nSPS) is 10.6. The van der Waals surface area contributed by atoms with Crippen LogP contribution >= 0.6 is 11.6 Å². The van der Waals surface area contributed by atoms with E-state index >= 15 is 0 Å². The van der Waals surface area contributed by atoms with Crippen molar-refractivity contribution >= 4 is 34.2 Å². The van der Waals surface area contributed by atoms with Crippen molar-refractivity contribution in [3.8, 4) is 5.75 Å². The topological polar surface area (TPSA) is 109 Å². The first-order valence-corrected chi connectivity index (χ1v) is 7.98. The van der Waals surface area contributed by atoms with Gasteiger partial charge in [0.1, 0.15) is 23.5 Å². The van der Waals surface area contributed by atoms with Crippen LogP contribution in [0.3, 0.4) is 0 Å². The molecule has 3 rings (SSSR count). The lowest BCUT2D eigenvalue weighted by atomic mass is 10.1. The van der Waals surface area contributed by atoms with Crippen LogP contribution in [0.5, 0.6) is 5.75 Å². The van der Waals surface area contributed by atoms with Gasteiger partial charge in [0.15, 0.2) is 0 Å². The Kier molecular flexibility index (Phi) is 5.09. The maximum absolute atomic E-state index is 12.3. The summed E-state index contributed by atoms with van der Waals surface area (Å²) in [5.74, 6) is -0.437. The van der Waals surface area contributed by atoms with Crippen molar-refractivity contribution in [2.75, 3.05) is 7.11 Å². The number of benzene rings is 2. The van der Waals surface area contributed by atoms with Crippen LogP contribution < -0.4 is 10.4 Å². The minimum Gasteiger partial charge on any atom is -0.497 e. The summed E-state index contributed by atoms with van der Waals surface area (Å²) in [4.78, 5) is 34.4. The molecule has 138 valence electrons. The smallest absolute Gasteiger partial charge is 0.345 e. The number of carbonyl (C=O) groups excluding carboxylic acids is 1. The van der Waals surface area contributed by atoms with Crippen molar-refractivity contribution < 1.29 is 23.6 Å². The van der Waals surface area contributed by atoms with Gasteiger partial charge in [0.25, 0.3) is 5.69 Å². The highest BCUT2D eigenvalue weighted by molar-refractivity contribution is 6.31. The van der Waals surface area contributed by atoms with Crippen molar-refractivity contribution in [1.29, 1.82) is 0 Å². The SMILES string of the molecule is COc1ccc2c(COC(=O)c3cc(Cl)ccc3[N+](=O)[O-])cc(=O)oc2c1. The summed E-state index contributed by atoms with van der Waals surface area (Å²) in [6.45, 7) is -0.281. The Morgan fingerprint density at radius 1 is 1.22 bits per heavy atom. The molecule has 0 aliphatic carbocycles. The summed E-state index contributed by atoms with van der Waals surface area (Å²) < 4.78 is 15.4. The molecule has 1 heterocycles. The molecule has 0 N–H and O–H groups in total. The van der Waals surface area contributed by atoms with E-state index in [-0.39, 0.29) is 22.8 Å². The third-order valence-corrected chi connectivity index (χ3v) is 4.01. The Morgan fingerprint density at radius 2 is 2.00 bits per heavy atom. The molecule has 1 aromatic heterocycles. The maximum Gasteiger partial charge on any atom is 0.345 e. The monoisotopic (exact) mass is 389 g/mol. The van der Waals surface area contributed by atoms with Gasteiger partial charge >= 0.3 is 11.6 Å². The molecule has 2 aromatic carbocycles. The van der Waals surface area contributed by atoms with Crippen LogP contribution in [0.15, 0.2) is 51.7 Å². The molecule has 0 bridgehead atoms. The maximum atomic E-state index is 12.3. The Bertz CT molecular complexity index is 1110. The van der Waals surface area contributed by atoms with Crippen LogP contribution in [0.2, 0.25) is 5.02 Å². The third-order valence-electron chi connectivity index (χ3n) is 3.77. The summed E-state index contributed by atoms with van der Waals surface area (Å²) in [5.41, 5.74) is -0.674. The van der Waals surface area contributed by atoms with E-state index in [0.717, 1.165) is 12.1 Å². The summed E-state index contributed by atoms with van der Waals surface area (Å²) in [6.07, 6.45) is 0. The number of rotatable bonds is 5. The van der Waals surface area contributed by atoms with Crippen molar-refractivity contribution in [2.24, 2.45) is 0 Å². The number of fused-ring (bicyclic) bond motifs is 1. The number of nitrogens with zero attached hydrogens (tertiary/aromatic N) is 1. The number of hydrogen-bond donors (Lipinski definition) is 0. The summed E-state index contributed by atoms with van der Waals surface area (Å²) in [5, 5.41) is 11.8. The summed E-state index contributed by atoms with van der Waals surface area (Å²) in [7, 11) is 1.47. The Balaban J connectivity index is 1.91. The highest BCUT2D eigenvalue weighted by Gasteiger charge is 2.22. The molecule has 0 radical (unpaired) electrons. The second kappa shape index (κ2) is 7.46. The van der Waals surface area contributed by atoms with E-state index < -0.39 is 22.2 Å². The largest absolute Gasteiger partial charge is 0.497 e. The van der Waals surface area contributed by atoms with E-state index in [1.165, 1.54) is 25.3 Å². The number of halogens is 1. The van der Waals surface area contributed by atoms with Gasteiger partial charge in [-0.3, -0.25) is 10.1 Å². The number of carbonyl (C=O) groups is 1. The fourth-order valence-corrected chi connectivity index (χ4v) is 2.68. The van der Waals surface area contributed by atoms with E-state index in [0.29, 0.717) is 16.7 Å². The number of methoxy groups -OCH3 is 1. The highest BCUT2D eigenvalue weighted by atomic mass is 35.5. The number of nitro groups is 1. The van der Waals surface area contributed by atoms with Crippen LogP contribution in [0.4, 0.5) is 5.69 Å². The quantitative estimate of drug-likeness (QED) is 0.283. The van der Waals surface area contributed by atoms with E-state index in [1.54, 1.807) is 12.1 Å². The molecule has 0 saturated heterocycles. The molecule has 0 fully saturated rings. The molecule has 0 spiro atoms. The summed E-state index contributed by atoms with van der Waals surface area (Å²) in [6, 6.07) is 9.62. The zero-order chi connectivity index (χ0) is 19.6.